The van der Waals surface area contributed by atoms with E-state index in [-0.39, 0.29) is 0 Å². The molecule has 2 rings (SSSR count). The summed E-state index contributed by atoms with van der Waals surface area (Å²) < 4.78 is 0.788. The molecule has 1 aromatic heterocycles. The van der Waals surface area contributed by atoms with Crippen LogP contribution < -0.4 is 0 Å². The Morgan fingerprint density at radius 2 is 2.42 bits per heavy atom. The zero-order chi connectivity index (χ0) is 8.55. The number of aromatic amines is 1. The minimum absolute atomic E-state index is 0.414. The molecule has 0 bridgehead atoms. The second-order valence-electron chi connectivity index (χ2n) is 3.16. The zero-order valence-corrected chi connectivity index (χ0v) is 8.10. The molecule has 1 N–H and O–H groups in total. The Morgan fingerprint density at radius 1 is 1.67 bits per heavy atom. The van der Waals surface area contributed by atoms with E-state index < -0.39 is 0 Å². The van der Waals surface area contributed by atoms with Crippen molar-refractivity contribution >= 4 is 22.2 Å². The van der Waals surface area contributed by atoms with Gasteiger partial charge in [0.1, 0.15) is 4.60 Å². The van der Waals surface area contributed by atoms with Gasteiger partial charge < -0.3 is 4.98 Å². The first kappa shape index (κ1) is 7.98. The molecule has 64 valence electrons. The molecule has 0 amide bonds. The molecule has 1 fully saturated rings. The highest BCUT2D eigenvalue weighted by atomic mass is 79.9. The molecular formula is C8H9BrN2O. The molecule has 3 nitrogen and oxygen atoms in total. The number of imidazole rings is 1. The molecule has 0 saturated heterocycles. The van der Waals surface area contributed by atoms with Gasteiger partial charge in [0.2, 0.25) is 0 Å². The molecule has 12 heavy (non-hydrogen) atoms. The summed E-state index contributed by atoms with van der Waals surface area (Å²) in [6.45, 7) is 0. The van der Waals surface area contributed by atoms with Crippen LogP contribution in [0, 0.1) is 5.92 Å². The molecule has 4 heteroatoms. The summed E-state index contributed by atoms with van der Waals surface area (Å²) in [4.78, 5) is 17.3. The number of hydrogen-bond donors (Lipinski definition) is 1. The maximum absolute atomic E-state index is 10.4. The van der Waals surface area contributed by atoms with Gasteiger partial charge in [0.15, 0.2) is 12.1 Å². The monoisotopic (exact) mass is 228 g/mol. The van der Waals surface area contributed by atoms with Gasteiger partial charge in [-0.2, -0.15) is 0 Å². The topological polar surface area (TPSA) is 45.8 Å². The van der Waals surface area contributed by atoms with Crippen molar-refractivity contribution in [3.05, 3.63) is 16.1 Å². The van der Waals surface area contributed by atoms with Crippen LogP contribution >= 0.6 is 15.9 Å². The molecule has 0 atom stereocenters. The van der Waals surface area contributed by atoms with E-state index in [1.54, 1.807) is 0 Å². The van der Waals surface area contributed by atoms with Crippen LogP contribution in [0.2, 0.25) is 0 Å². The van der Waals surface area contributed by atoms with E-state index in [4.69, 9.17) is 0 Å². The fraction of sp³-hybridized carbons (Fsp3) is 0.500. The Hall–Kier alpha value is -0.640. The van der Waals surface area contributed by atoms with Crippen LogP contribution in [0.1, 0.15) is 29.2 Å². The normalized spacial score (nSPS) is 16.4. The Labute approximate surface area is 78.7 Å². The number of halogens is 1. The fourth-order valence-corrected chi connectivity index (χ4v) is 1.66. The van der Waals surface area contributed by atoms with Crippen molar-refractivity contribution in [2.24, 2.45) is 5.92 Å². The largest absolute Gasteiger partial charge is 0.339 e. The van der Waals surface area contributed by atoms with Gasteiger partial charge in [0.05, 0.1) is 0 Å². The van der Waals surface area contributed by atoms with Crippen LogP contribution in [0.15, 0.2) is 4.60 Å². The summed E-state index contributed by atoms with van der Waals surface area (Å²) in [6, 6.07) is 0. The highest BCUT2D eigenvalue weighted by Crippen LogP contribution is 2.33. The second kappa shape index (κ2) is 3.01. The summed E-state index contributed by atoms with van der Waals surface area (Å²) in [6.07, 6.45) is 4.37. The van der Waals surface area contributed by atoms with Gasteiger partial charge in [-0.1, -0.05) is 0 Å². The van der Waals surface area contributed by atoms with Gasteiger partial charge in [0.25, 0.3) is 0 Å². The average Bonchev–Trinajstić information content (AvgIpc) is 2.78. The summed E-state index contributed by atoms with van der Waals surface area (Å²) in [5.41, 5.74) is 1.06. The van der Waals surface area contributed by atoms with Gasteiger partial charge in [-0.3, -0.25) is 4.79 Å². The lowest BCUT2D eigenvalue weighted by molar-refractivity contribution is 0.111. The number of carbonyl (C=O) groups is 1. The van der Waals surface area contributed by atoms with Crippen LogP contribution in [-0.4, -0.2) is 16.3 Å². The quantitative estimate of drug-likeness (QED) is 0.805. The number of nitrogens with one attached hydrogen (secondary N) is 1. The van der Waals surface area contributed by atoms with Crippen LogP contribution in [0.5, 0.6) is 0 Å². The Bertz CT molecular complexity index is 304. The predicted octanol–water partition coefficient (Wildman–Crippen LogP) is 1.94. The predicted molar refractivity (Wildman–Crippen MR) is 48.1 cm³/mol. The number of hydrogen-bond acceptors (Lipinski definition) is 2. The maximum atomic E-state index is 10.4. The lowest BCUT2D eigenvalue weighted by Gasteiger charge is -1.92. The van der Waals surface area contributed by atoms with Crippen LogP contribution in [0.25, 0.3) is 0 Å². The fourth-order valence-electron chi connectivity index (χ4n) is 1.21. The van der Waals surface area contributed by atoms with Crippen molar-refractivity contribution in [3.63, 3.8) is 0 Å². The van der Waals surface area contributed by atoms with E-state index in [0.29, 0.717) is 5.82 Å². The van der Waals surface area contributed by atoms with Crippen molar-refractivity contribution in [2.75, 3.05) is 0 Å². The Balaban J connectivity index is 2.17. The molecule has 1 saturated carbocycles. The van der Waals surface area contributed by atoms with Crippen molar-refractivity contribution in [1.82, 2.24) is 9.97 Å². The lowest BCUT2D eigenvalue weighted by atomic mass is 10.2. The molecule has 0 aliphatic heterocycles. The molecule has 0 aromatic carbocycles. The number of carbonyl (C=O) groups excluding carboxylic acids is 1. The van der Waals surface area contributed by atoms with Crippen molar-refractivity contribution in [3.8, 4) is 0 Å². The maximum Gasteiger partial charge on any atom is 0.185 e. The minimum atomic E-state index is 0.414. The van der Waals surface area contributed by atoms with E-state index in [1.165, 1.54) is 12.8 Å². The number of aldehydes is 1. The summed E-state index contributed by atoms with van der Waals surface area (Å²) in [5, 5.41) is 0. The third kappa shape index (κ3) is 1.58. The van der Waals surface area contributed by atoms with Crippen molar-refractivity contribution < 1.29 is 4.79 Å². The molecule has 1 aromatic rings. The first-order valence-corrected chi connectivity index (χ1v) is 4.78. The van der Waals surface area contributed by atoms with E-state index in [0.717, 1.165) is 28.9 Å². The SMILES string of the molecule is O=Cc1nc(Br)c(CC2CC2)[nH]1. The third-order valence-electron chi connectivity index (χ3n) is 2.05. The number of aromatic nitrogens is 2. The number of rotatable bonds is 3. The van der Waals surface area contributed by atoms with Gasteiger partial charge in [-0.15, -0.1) is 0 Å². The summed E-state index contributed by atoms with van der Waals surface area (Å²) >= 11 is 3.31. The number of nitrogens with zero attached hydrogens (tertiary/aromatic N) is 1. The van der Waals surface area contributed by atoms with Gasteiger partial charge in [0, 0.05) is 5.69 Å². The molecule has 1 heterocycles. The molecule has 1 aliphatic carbocycles. The molecule has 0 unspecified atom stereocenters. The Kier molecular flexibility index (Phi) is 2.00. The second-order valence-corrected chi connectivity index (χ2v) is 3.91. The summed E-state index contributed by atoms with van der Waals surface area (Å²) in [5.74, 6) is 1.22. The van der Waals surface area contributed by atoms with Gasteiger partial charge >= 0.3 is 0 Å². The molecular weight excluding hydrogens is 220 g/mol. The molecule has 0 radical (unpaired) electrons. The van der Waals surface area contributed by atoms with Crippen LogP contribution in [0.3, 0.4) is 0 Å². The zero-order valence-electron chi connectivity index (χ0n) is 6.51. The van der Waals surface area contributed by atoms with E-state index in [9.17, 15) is 4.79 Å². The third-order valence-corrected chi connectivity index (χ3v) is 2.70. The van der Waals surface area contributed by atoms with Crippen LogP contribution in [0.4, 0.5) is 0 Å². The van der Waals surface area contributed by atoms with E-state index in [2.05, 4.69) is 25.9 Å². The Morgan fingerprint density at radius 3 is 2.92 bits per heavy atom. The summed E-state index contributed by atoms with van der Waals surface area (Å²) in [7, 11) is 0. The van der Waals surface area contributed by atoms with Gasteiger partial charge in [-0.25, -0.2) is 4.98 Å². The highest BCUT2D eigenvalue weighted by molar-refractivity contribution is 9.10. The highest BCUT2D eigenvalue weighted by Gasteiger charge is 2.23. The number of H-pyrrole nitrogens is 1. The molecule has 1 aliphatic rings. The minimum Gasteiger partial charge on any atom is -0.339 e. The average molecular weight is 229 g/mol. The first-order chi connectivity index (χ1) is 5.79. The van der Waals surface area contributed by atoms with E-state index in [1.807, 2.05) is 0 Å². The smallest absolute Gasteiger partial charge is 0.185 e. The van der Waals surface area contributed by atoms with Crippen molar-refractivity contribution in [1.29, 1.82) is 0 Å². The molecule has 0 spiro atoms. The van der Waals surface area contributed by atoms with E-state index >= 15 is 0 Å². The lowest BCUT2D eigenvalue weighted by Crippen LogP contribution is -1.88. The van der Waals surface area contributed by atoms with Gasteiger partial charge in [-0.05, 0) is 41.1 Å². The van der Waals surface area contributed by atoms with Crippen molar-refractivity contribution in [2.45, 2.75) is 19.3 Å². The first-order valence-electron chi connectivity index (χ1n) is 3.99. The van der Waals surface area contributed by atoms with Crippen LogP contribution in [-0.2, 0) is 6.42 Å². The standard InChI is InChI=1S/C8H9BrN2O/c9-8-6(3-5-1-2-5)10-7(4-12)11-8/h4-5H,1-3H2,(H,10,11).